The van der Waals surface area contributed by atoms with Gasteiger partial charge in [0.1, 0.15) is 5.82 Å². The van der Waals surface area contributed by atoms with Crippen molar-refractivity contribution in [1.82, 2.24) is 9.97 Å². The molecule has 4 nitrogen and oxygen atoms in total. The molecular formula is C15H20N4. The summed E-state index contributed by atoms with van der Waals surface area (Å²) in [5, 5.41) is 4.65. The van der Waals surface area contributed by atoms with E-state index in [1.165, 1.54) is 32.1 Å². The van der Waals surface area contributed by atoms with Crippen molar-refractivity contribution in [3.05, 3.63) is 24.3 Å². The molecule has 19 heavy (non-hydrogen) atoms. The Kier molecular flexibility index (Phi) is 3.01. The number of nitrogens with two attached hydrogens (primary N) is 1. The number of nitrogens with zero attached hydrogens (tertiary/aromatic N) is 2. The zero-order valence-electron chi connectivity index (χ0n) is 11.3. The smallest absolute Gasteiger partial charge is 0.222 e. The van der Waals surface area contributed by atoms with Crippen molar-refractivity contribution < 1.29 is 0 Å². The van der Waals surface area contributed by atoms with Gasteiger partial charge in [-0.15, -0.1) is 0 Å². The minimum absolute atomic E-state index is 0.127. The van der Waals surface area contributed by atoms with Gasteiger partial charge in [0.25, 0.3) is 0 Å². The monoisotopic (exact) mass is 256 g/mol. The Bertz CT molecular complexity index is 588. The van der Waals surface area contributed by atoms with E-state index in [0.717, 1.165) is 16.7 Å². The molecule has 0 unspecified atom stereocenters. The molecule has 0 amide bonds. The number of fused-ring (bicyclic) bond motifs is 1. The predicted octanol–water partition coefficient (Wildman–Crippen LogP) is 3.35. The fourth-order valence-electron chi connectivity index (χ4n) is 2.93. The first-order valence-corrected chi connectivity index (χ1v) is 6.97. The zero-order chi connectivity index (χ0) is 13.3. The van der Waals surface area contributed by atoms with Crippen molar-refractivity contribution in [2.24, 2.45) is 0 Å². The van der Waals surface area contributed by atoms with E-state index in [1.54, 1.807) is 0 Å². The molecule has 4 heteroatoms. The zero-order valence-corrected chi connectivity index (χ0v) is 11.3. The van der Waals surface area contributed by atoms with Crippen LogP contribution in [0.5, 0.6) is 0 Å². The highest BCUT2D eigenvalue weighted by atomic mass is 15.1. The summed E-state index contributed by atoms with van der Waals surface area (Å²) in [5.41, 5.74) is 6.84. The van der Waals surface area contributed by atoms with Crippen LogP contribution in [-0.4, -0.2) is 15.5 Å². The van der Waals surface area contributed by atoms with E-state index in [2.05, 4.69) is 22.2 Å². The van der Waals surface area contributed by atoms with Crippen LogP contribution in [0.1, 0.15) is 39.0 Å². The van der Waals surface area contributed by atoms with E-state index >= 15 is 0 Å². The number of para-hydroxylation sites is 1. The van der Waals surface area contributed by atoms with Gasteiger partial charge in [0, 0.05) is 10.9 Å². The van der Waals surface area contributed by atoms with E-state index in [9.17, 15) is 0 Å². The molecule has 1 aliphatic carbocycles. The molecule has 1 fully saturated rings. The van der Waals surface area contributed by atoms with Gasteiger partial charge in [-0.25, -0.2) is 4.98 Å². The Balaban J connectivity index is 2.00. The van der Waals surface area contributed by atoms with E-state index < -0.39 is 0 Å². The van der Waals surface area contributed by atoms with Gasteiger partial charge in [0.15, 0.2) is 0 Å². The van der Waals surface area contributed by atoms with Crippen LogP contribution in [-0.2, 0) is 0 Å². The lowest BCUT2D eigenvalue weighted by molar-refractivity contribution is 0.349. The molecule has 0 bridgehead atoms. The Morgan fingerprint density at radius 3 is 2.63 bits per heavy atom. The van der Waals surface area contributed by atoms with Crippen LogP contribution in [0.3, 0.4) is 0 Å². The highest BCUT2D eigenvalue weighted by Gasteiger charge is 2.27. The van der Waals surface area contributed by atoms with Crippen LogP contribution in [0.2, 0.25) is 0 Å². The Morgan fingerprint density at radius 2 is 1.84 bits per heavy atom. The third-order valence-electron chi connectivity index (χ3n) is 4.00. The molecule has 0 atom stereocenters. The van der Waals surface area contributed by atoms with Crippen LogP contribution in [0.25, 0.3) is 10.9 Å². The van der Waals surface area contributed by atoms with E-state index in [0.29, 0.717) is 5.95 Å². The van der Waals surface area contributed by atoms with Crippen LogP contribution < -0.4 is 11.1 Å². The Morgan fingerprint density at radius 1 is 1.11 bits per heavy atom. The van der Waals surface area contributed by atoms with Crippen LogP contribution in [0.15, 0.2) is 24.3 Å². The molecular weight excluding hydrogens is 236 g/mol. The summed E-state index contributed by atoms with van der Waals surface area (Å²) in [6.07, 6.45) is 6.27. The van der Waals surface area contributed by atoms with Crippen LogP contribution >= 0.6 is 0 Å². The lowest BCUT2D eigenvalue weighted by atomic mass is 9.83. The minimum atomic E-state index is 0.127. The van der Waals surface area contributed by atoms with E-state index in [4.69, 9.17) is 5.73 Å². The summed E-state index contributed by atoms with van der Waals surface area (Å²) >= 11 is 0. The number of benzene rings is 1. The standard InChI is InChI=1S/C15H20N4/c1-15(9-5-2-6-10-15)19-13-11-7-3-4-8-12(11)17-14(16)18-13/h3-4,7-8H,2,5-6,9-10H2,1H3,(H3,16,17,18,19). The van der Waals surface area contributed by atoms with Gasteiger partial charge in [-0.1, -0.05) is 31.4 Å². The van der Waals surface area contributed by atoms with Gasteiger partial charge in [-0.2, -0.15) is 4.98 Å². The topological polar surface area (TPSA) is 63.8 Å². The number of nitrogens with one attached hydrogen (secondary N) is 1. The number of aromatic nitrogens is 2. The molecule has 0 radical (unpaired) electrons. The van der Waals surface area contributed by atoms with Gasteiger partial charge in [0.05, 0.1) is 5.52 Å². The van der Waals surface area contributed by atoms with Crippen LogP contribution in [0.4, 0.5) is 11.8 Å². The first-order valence-electron chi connectivity index (χ1n) is 6.97. The maximum atomic E-state index is 5.81. The van der Waals surface area contributed by atoms with Crippen molar-refractivity contribution in [2.75, 3.05) is 11.1 Å². The summed E-state index contributed by atoms with van der Waals surface area (Å²) in [6.45, 7) is 2.28. The van der Waals surface area contributed by atoms with Crippen molar-refractivity contribution in [2.45, 2.75) is 44.6 Å². The molecule has 0 saturated heterocycles. The average molecular weight is 256 g/mol. The molecule has 1 heterocycles. The summed E-state index contributed by atoms with van der Waals surface area (Å²) in [5.74, 6) is 1.20. The molecule has 1 aromatic heterocycles. The third-order valence-corrected chi connectivity index (χ3v) is 4.00. The number of nitrogen functional groups attached to an aromatic ring is 1. The summed E-state index contributed by atoms with van der Waals surface area (Å²) in [4.78, 5) is 8.67. The largest absolute Gasteiger partial charge is 0.368 e. The second kappa shape index (κ2) is 4.68. The molecule has 1 aliphatic rings. The first kappa shape index (κ1) is 12.2. The highest BCUT2D eigenvalue weighted by molar-refractivity contribution is 5.90. The molecule has 1 saturated carbocycles. The van der Waals surface area contributed by atoms with Crippen LogP contribution in [0, 0.1) is 0 Å². The van der Waals surface area contributed by atoms with Crippen molar-refractivity contribution in [3.8, 4) is 0 Å². The second-order valence-corrected chi connectivity index (χ2v) is 5.69. The predicted molar refractivity (Wildman–Crippen MR) is 79.1 cm³/mol. The van der Waals surface area contributed by atoms with Gasteiger partial charge in [-0.3, -0.25) is 0 Å². The minimum Gasteiger partial charge on any atom is -0.368 e. The quantitative estimate of drug-likeness (QED) is 0.865. The third kappa shape index (κ3) is 2.48. The number of rotatable bonds is 2. The summed E-state index contributed by atoms with van der Waals surface area (Å²) in [6, 6.07) is 8.00. The maximum absolute atomic E-state index is 5.81. The molecule has 2 aromatic rings. The van der Waals surface area contributed by atoms with Gasteiger partial charge in [-0.05, 0) is 31.9 Å². The summed E-state index contributed by atoms with van der Waals surface area (Å²) in [7, 11) is 0. The molecule has 3 rings (SSSR count). The van der Waals surface area contributed by atoms with Gasteiger partial charge < -0.3 is 11.1 Å². The van der Waals surface area contributed by atoms with Crippen molar-refractivity contribution in [1.29, 1.82) is 0 Å². The maximum Gasteiger partial charge on any atom is 0.222 e. The molecule has 0 aliphatic heterocycles. The number of hydrogen-bond donors (Lipinski definition) is 2. The van der Waals surface area contributed by atoms with Gasteiger partial charge >= 0.3 is 0 Å². The molecule has 1 aromatic carbocycles. The summed E-state index contributed by atoms with van der Waals surface area (Å²) < 4.78 is 0. The van der Waals surface area contributed by atoms with Gasteiger partial charge in [0.2, 0.25) is 5.95 Å². The first-order chi connectivity index (χ1) is 9.16. The normalized spacial score (nSPS) is 18.4. The Labute approximate surface area is 113 Å². The number of anilines is 2. The second-order valence-electron chi connectivity index (χ2n) is 5.69. The number of hydrogen-bond acceptors (Lipinski definition) is 4. The highest BCUT2D eigenvalue weighted by Crippen LogP contribution is 2.32. The molecule has 100 valence electrons. The lowest BCUT2D eigenvalue weighted by Crippen LogP contribution is -2.37. The Hall–Kier alpha value is -1.84. The fourth-order valence-corrected chi connectivity index (χ4v) is 2.93. The SMILES string of the molecule is CC1(Nc2nc(N)nc3ccccc23)CCCCC1. The fraction of sp³-hybridized carbons (Fsp3) is 0.467. The molecule has 0 spiro atoms. The van der Waals surface area contributed by atoms with Crippen molar-refractivity contribution >= 4 is 22.7 Å². The average Bonchev–Trinajstić information content (AvgIpc) is 2.39. The van der Waals surface area contributed by atoms with Crippen molar-refractivity contribution in [3.63, 3.8) is 0 Å². The lowest BCUT2D eigenvalue weighted by Gasteiger charge is -2.35. The van der Waals surface area contributed by atoms with E-state index in [1.807, 2.05) is 24.3 Å². The van der Waals surface area contributed by atoms with E-state index in [-0.39, 0.29) is 5.54 Å². The molecule has 3 N–H and O–H groups in total.